The van der Waals surface area contributed by atoms with Gasteiger partial charge in [0.2, 0.25) is 0 Å². The molecule has 0 amide bonds. The maximum Gasteiger partial charge on any atom is 0.311 e. The van der Waals surface area contributed by atoms with Crippen LogP contribution in [-0.2, 0) is 4.79 Å². The number of carbonyl (C=O) groups is 1. The highest BCUT2D eigenvalue weighted by Crippen LogP contribution is 2.28. The molecule has 2 aromatic rings. The fraction of sp³-hybridized carbons (Fsp3) is 0.400. The van der Waals surface area contributed by atoms with Gasteiger partial charge in [0.15, 0.2) is 0 Å². The van der Waals surface area contributed by atoms with E-state index < -0.39 is 11.4 Å². The summed E-state index contributed by atoms with van der Waals surface area (Å²) in [5, 5.41) is 12.7. The zero-order valence-corrected chi connectivity index (χ0v) is 11.8. The summed E-state index contributed by atoms with van der Waals surface area (Å²) < 4.78 is 0. The summed E-state index contributed by atoms with van der Waals surface area (Å²) in [4.78, 5) is 20.0. The van der Waals surface area contributed by atoms with Crippen LogP contribution < -0.4 is 5.32 Å². The van der Waals surface area contributed by atoms with E-state index in [2.05, 4.69) is 15.3 Å². The van der Waals surface area contributed by atoms with E-state index in [1.165, 1.54) is 0 Å². The maximum absolute atomic E-state index is 11.5. The number of hydrogen-bond donors (Lipinski definition) is 2. The molecule has 0 bridgehead atoms. The summed E-state index contributed by atoms with van der Waals surface area (Å²) in [7, 11) is 0. The molecule has 2 aromatic heterocycles. The van der Waals surface area contributed by atoms with Crippen LogP contribution in [0.25, 0.3) is 11.0 Å². The predicted molar refractivity (Wildman–Crippen MR) is 78.7 cm³/mol. The molecular weight excluding hydrogens is 254 g/mol. The largest absolute Gasteiger partial charge is 0.481 e. The zero-order valence-electron chi connectivity index (χ0n) is 11.8. The van der Waals surface area contributed by atoms with Crippen molar-refractivity contribution in [2.45, 2.75) is 26.7 Å². The molecule has 5 heteroatoms. The number of anilines is 1. The number of nitrogens with zero attached hydrogens (tertiary/aromatic N) is 2. The number of aromatic nitrogens is 2. The standard InChI is InChI=1S/C15H19N3O2/c1-3-15(4-2,14(19)20)10-18-12-7-9-16-11-6-5-8-17-13(11)12/h5-9H,3-4,10H2,1-2H3,(H,16,18)(H,19,20). The molecule has 2 heterocycles. The average Bonchev–Trinajstić information content (AvgIpc) is 2.48. The lowest BCUT2D eigenvalue weighted by Gasteiger charge is -2.27. The van der Waals surface area contributed by atoms with Gasteiger partial charge in [0, 0.05) is 18.9 Å². The molecular formula is C15H19N3O2. The molecule has 0 atom stereocenters. The van der Waals surface area contributed by atoms with Crippen LogP contribution in [0.15, 0.2) is 30.6 Å². The quantitative estimate of drug-likeness (QED) is 0.846. The first kappa shape index (κ1) is 14.2. The van der Waals surface area contributed by atoms with Gasteiger partial charge in [-0.3, -0.25) is 14.8 Å². The van der Waals surface area contributed by atoms with E-state index in [1.54, 1.807) is 12.4 Å². The number of pyridine rings is 2. The summed E-state index contributed by atoms with van der Waals surface area (Å²) >= 11 is 0. The van der Waals surface area contributed by atoms with Gasteiger partial charge in [-0.2, -0.15) is 0 Å². The average molecular weight is 273 g/mol. The molecule has 0 fully saturated rings. The van der Waals surface area contributed by atoms with Crippen molar-refractivity contribution >= 4 is 22.7 Å². The fourth-order valence-electron chi connectivity index (χ4n) is 2.26. The third kappa shape index (κ3) is 2.57. The van der Waals surface area contributed by atoms with Gasteiger partial charge < -0.3 is 10.4 Å². The Kier molecular flexibility index (Phi) is 4.17. The number of carboxylic acid groups (broad SMARTS) is 1. The van der Waals surface area contributed by atoms with Crippen LogP contribution >= 0.6 is 0 Å². The lowest BCUT2D eigenvalue weighted by Crippen LogP contribution is -2.36. The summed E-state index contributed by atoms with van der Waals surface area (Å²) in [6.07, 6.45) is 4.58. The third-order valence-corrected chi connectivity index (χ3v) is 3.92. The van der Waals surface area contributed by atoms with Crippen LogP contribution in [0.2, 0.25) is 0 Å². The lowest BCUT2D eigenvalue weighted by atomic mass is 9.82. The summed E-state index contributed by atoms with van der Waals surface area (Å²) in [5.41, 5.74) is 1.64. The molecule has 0 aliphatic heterocycles. The molecule has 106 valence electrons. The molecule has 0 spiro atoms. The first-order valence-corrected chi connectivity index (χ1v) is 6.80. The van der Waals surface area contributed by atoms with Crippen LogP contribution in [0, 0.1) is 5.41 Å². The van der Waals surface area contributed by atoms with E-state index in [9.17, 15) is 9.90 Å². The summed E-state index contributed by atoms with van der Waals surface area (Å²) in [6, 6.07) is 5.55. The van der Waals surface area contributed by atoms with Crippen LogP contribution in [0.1, 0.15) is 26.7 Å². The molecule has 0 aromatic carbocycles. The van der Waals surface area contributed by atoms with Gasteiger partial charge in [0.1, 0.15) is 5.52 Å². The minimum atomic E-state index is -0.763. The Hall–Kier alpha value is -2.17. The van der Waals surface area contributed by atoms with Crippen LogP contribution in [0.4, 0.5) is 5.69 Å². The van der Waals surface area contributed by atoms with Gasteiger partial charge in [-0.05, 0) is 31.0 Å². The molecule has 0 unspecified atom stereocenters. The first-order chi connectivity index (χ1) is 9.63. The van der Waals surface area contributed by atoms with Crippen molar-refractivity contribution in [3.8, 4) is 0 Å². The van der Waals surface area contributed by atoms with Crippen molar-refractivity contribution in [1.82, 2.24) is 9.97 Å². The number of carboxylic acids is 1. The van der Waals surface area contributed by atoms with E-state index in [0.29, 0.717) is 19.4 Å². The number of hydrogen-bond acceptors (Lipinski definition) is 4. The smallest absolute Gasteiger partial charge is 0.311 e. The van der Waals surface area contributed by atoms with Crippen molar-refractivity contribution in [3.63, 3.8) is 0 Å². The minimum Gasteiger partial charge on any atom is -0.481 e. The SMILES string of the molecule is CCC(CC)(CNc1ccnc2cccnc12)C(=O)O. The highest BCUT2D eigenvalue weighted by Gasteiger charge is 2.34. The second kappa shape index (κ2) is 5.86. The molecule has 0 radical (unpaired) electrons. The van der Waals surface area contributed by atoms with Crippen molar-refractivity contribution in [3.05, 3.63) is 30.6 Å². The van der Waals surface area contributed by atoms with Gasteiger partial charge in [0.25, 0.3) is 0 Å². The highest BCUT2D eigenvalue weighted by molar-refractivity contribution is 5.87. The second-order valence-electron chi connectivity index (χ2n) is 4.88. The van der Waals surface area contributed by atoms with Crippen LogP contribution in [0.3, 0.4) is 0 Å². The first-order valence-electron chi connectivity index (χ1n) is 6.80. The third-order valence-electron chi connectivity index (χ3n) is 3.92. The van der Waals surface area contributed by atoms with Gasteiger partial charge in [-0.1, -0.05) is 13.8 Å². The van der Waals surface area contributed by atoms with Crippen LogP contribution in [0.5, 0.6) is 0 Å². The van der Waals surface area contributed by atoms with Crippen molar-refractivity contribution in [2.24, 2.45) is 5.41 Å². The fourth-order valence-corrected chi connectivity index (χ4v) is 2.26. The number of aliphatic carboxylic acids is 1. The molecule has 2 N–H and O–H groups in total. The Bertz CT molecular complexity index is 604. The number of nitrogens with one attached hydrogen (secondary N) is 1. The van der Waals surface area contributed by atoms with E-state index in [-0.39, 0.29) is 0 Å². The topological polar surface area (TPSA) is 75.1 Å². The Morgan fingerprint density at radius 3 is 2.65 bits per heavy atom. The summed E-state index contributed by atoms with van der Waals surface area (Å²) in [5.74, 6) is -0.763. The second-order valence-corrected chi connectivity index (χ2v) is 4.88. The van der Waals surface area contributed by atoms with Crippen LogP contribution in [-0.4, -0.2) is 27.6 Å². The van der Waals surface area contributed by atoms with Crippen molar-refractivity contribution < 1.29 is 9.90 Å². The molecule has 5 nitrogen and oxygen atoms in total. The normalized spacial score (nSPS) is 11.5. The maximum atomic E-state index is 11.5. The van der Waals surface area contributed by atoms with Gasteiger partial charge >= 0.3 is 5.97 Å². The van der Waals surface area contributed by atoms with E-state index in [1.807, 2.05) is 32.0 Å². The zero-order chi connectivity index (χ0) is 14.6. The van der Waals surface area contributed by atoms with Gasteiger partial charge in [-0.15, -0.1) is 0 Å². The van der Waals surface area contributed by atoms with Crippen molar-refractivity contribution in [1.29, 1.82) is 0 Å². The van der Waals surface area contributed by atoms with Gasteiger partial charge in [0.05, 0.1) is 16.6 Å². The van der Waals surface area contributed by atoms with Gasteiger partial charge in [-0.25, -0.2) is 0 Å². The lowest BCUT2D eigenvalue weighted by molar-refractivity contribution is -0.148. The molecule has 0 saturated heterocycles. The Morgan fingerprint density at radius 2 is 2.00 bits per heavy atom. The minimum absolute atomic E-state index is 0.380. The van der Waals surface area contributed by atoms with E-state index in [4.69, 9.17) is 0 Å². The Morgan fingerprint density at radius 1 is 1.25 bits per heavy atom. The highest BCUT2D eigenvalue weighted by atomic mass is 16.4. The molecule has 20 heavy (non-hydrogen) atoms. The molecule has 2 rings (SSSR count). The molecule has 0 saturated carbocycles. The number of rotatable bonds is 6. The molecule has 0 aliphatic carbocycles. The summed E-state index contributed by atoms with van der Waals surface area (Å²) in [6.45, 7) is 4.19. The number of fused-ring (bicyclic) bond motifs is 1. The van der Waals surface area contributed by atoms with Crippen molar-refractivity contribution in [2.75, 3.05) is 11.9 Å². The molecule has 0 aliphatic rings. The van der Waals surface area contributed by atoms with E-state index >= 15 is 0 Å². The monoisotopic (exact) mass is 273 g/mol. The predicted octanol–water partition coefficient (Wildman–Crippen LogP) is 2.93. The Labute approximate surface area is 118 Å². The Balaban J connectivity index is 2.27. The van der Waals surface area contributed by atoms with E-state index in [0.717, 1.165) is 16.7 Å².